The number of aliphatic hydroxyl groups is 1. The number of rotatable bonds is 7. The van der Waals surface area contributed by atoms with Gasteiger partial charge in [-0.15, -0.1) is 0 Å². The van der Waals surface area contributed by atoms with E-state index in [2.05, 4.69) is 10.6 Å². The summed E-state index contributed by atoms with van der Waals surface area (Å²) < 4.78 is 18.0. The van der Waals surface area contributed by atoms with Gasteiger partial charge in [0, 0.05) is 32.9 Å². The number of epoxide rings is 1. The molecule has 0 spiro atoms. The van der Waals surface area contributed by atoms with Gasteiger partial charge in [0.25, 0.3) is 5.91 Å². The van der Waals surface area contributed by atoms with E-state index in [4.69, 9.17) is 14.2 Å². The lowest BCUT2D eigenvalue weighted by molar-refractivity contribution is -0.162. The lowest BCUT2D eigenvalue weighted by Gasteiger charge is -2.35. The average Bonchev–Trinajstić information content (AvgIpc) is 3.80. The van der Waals surface area contributed by atoms with Gasteiger partial charge in [-0.25, -0.2) is 4.79 Å². The van der Waals surface area contributed by atoms with Crippen LogP contribution in [-0.4, -0.2) is 94.5 Å². The molecule has 2 aliphatic rings. The number of ether oxygens (including phenoxy) is 3. The molecule has 0 unspecified atom stereocenters. The Morgan fingerprint density at radius 2 is 1.69 bits per heavy atom. The minimum absolute atomic E-state index is 0.0230. The van der Waals surface area contributed by atoms with Crippen LogP contribution in [0, 0.1) is 11.8 Å². The quantitative estimate of drug-likeness (QED) is 0.235. The van der Waals surface area contributed by atoms with Crippen molar-refractivity contribution >= 4 is 23.7 Å². The van der Waals surface area contributed by atoms with Crippen molar-refractivity contribution in [3.63, 3.8) is 0 Å². The first-order valence-corrected chi connectivity index (χ1v) is 18.6. The molecule has 0 aromatic heterocycles. The first kappa shape index (κ1) is 42.2. The topological polar surface area (TPSA) is 167 Å². The number of carbonyl (C=O) groups is 4. The average molecular weight is 748 g/mol. The zero-order valence-electron chi connectivity index (χ0n) is 32.9. The minimum Gasteiger partial charge on any atom is -0.508 e. The lowest BCUT2D eigenvalue weighted by Crippen LogP contribution is -2.61. The van der Waals surface area contributed by atoms with Gasteiger partial charge in [0.05, 0.1) is 17.8 Å². The molecule has 0 saturated carbocycles. The molecule has 2 aromatic carbocycles. The summed E-state index contributed by atoms with van der Waals surface area (Å²) in [7, 11) is 3.16. The Morgan fingerprint density at radius 3 is 2.28 bits per heavy atom. The zero-order valence-corrected chi connectivity index (χ0v) is 32.9. The van der Waals surface area contributed by atoms with E-state index in [0.717, 1.165) is 5.57 Å². The van der Waals surface area contributed by atoms with E-state index in [0.29, 0.717) is 24.0 Å². The third-order valence-electron chi connectivity index (χ3n) is 10.6. The lowest BCUT2D eigenvalue weighted by atomic mass is 9.93. The maximum Gasteiger partial charge on any atom is 0.332 e. The van der Waals surface area contributed by atoms with Gasteiger partial charge in [0.15, 0.2) is 11.6 Å². The van der Waals surface area contributed by atoms with Crippen LogP contribution in [0.15, 0.2) is 78.4 Å². The highest BCUT2D eigenvalue weighted by molar-refractivity contribution is 5.96. The van der Waals surface area contributed by atoms with Gasteiger partial charge < -0.3 is 40.0 Å². The molecule has 2 heterocycles. The third-order valence-corrected chi connectivity index (χ3v) is 10.6. The molecule has 0 aliphatic carbocycles. The first-order chi connectivity index (χ1) is 25.4. The minimum atomic E-state index is -1.79. The molecule has 294 valence electrons. The third kappa shape index (κ3) is 10.2. The highest BCUT2D eigenvalue weighted by atomic mass is 16.6. The smallest absolute Gasteiger partial charge is 0.332 e. The van der Waals surface area contributed by atoms with Gasteiger partial charge in [-0.2, -0.15) is 0 Å². The predicted molar refractivity (Wildman–Crippen MR) is 204 cm³/mol. The van der Waals surface area contributed by atoms with Crippen molar-refractivity contribution in [1.29, 1.82) is 0 Å². The second-order valence-electron chi connectivity index (χ2n) is 15.4. The molecule has 1 fully saturated rings. The number of likely N-dealkylation sites (N-methyl/N-ethyl adjacent to an activating group) is 1. The number of methoxy groups -OCH3 is 1. The van der Waals surface area contributed by atoms with Crippen molar-refractivity contribution in [2.75, 3.05) is 14.2 Å². The van der Waals surface area contributed by atoms with Gasteiger partial charge in [-0.05, 0) is 62.4 Å². The fraction of sp³-hybridized carbons (Fsp3) is 0.524. The Labute approximate surface area is 318 Å². The standard InChI is InChI=1S/C42H57N3O9/c1-10-25(2)34-38(48)43-31(23-28-19-21-30(46)22-20-28)37(47)44-36(41(5,6)51)39(49)53-35(29-17-12-11-13-18-29)27(4)16-14-15-26(3)32(52-9)24-33-42(7,54-33)40(50)45(34)8/h11-22,25,27,31-36,46,51H,10,23-24H2,1-9H3,(H,43,48)(H,44,47)/t25-,27+,31+,32+,33-,34-,35-,36+,42+/m0/s1. The number of nitrogens with one attached hydrogen (secondary N) is 2. The van der Waals surface area contributed by atoms with Crippen molar-refractivity contribution in [2.24, 2.45) is 11.8 Å². The van der Waals surface area contributed by atoms with Crippen LogP contribution in [0.3, 0.4) is 0 Å². The molecule has 0 radical (unpaired) electrons. The largest absolute Gasteiger partial charge is 0.508 e. The molecule has 12 nitrogen and oxygen atoms in total. The maximum absolute atomic E-state index is 14.3. The van der Waals surface area contributed by atoms with Crippen molar-refractivity contribution in [2.45, 2.75) is 115 Å². The number of hydrogen-bond acceptors (Lipinski definition) is 9. The molecule has 9 atom stereocenters. The molecule has 4 N–H and O–H groups in total. The van der Waals surface area contributed by atoms with E-state index in [1.165, 1.54) is 30.9 Å². The maximum atomic E-state index is 14.3. The number of benzene rings is 2. The highest BCUT2D eigenvalue weighted by Crippen LogP contribution is 2.42. The summed E-state index contributed by atoms with van der Waals surface area (Å²) in [5.41, 5.74) is -0.768. The molecular weight excluding hydrogens is 690 g/mol. The van der Waals surface area contributed by atoms with Gasteiger partial charge in [-0.1, -0.05) is 87.9 Å². The Kier molecular flexibility index (Phi) is 13.9. The van der Waals surface area contributed by atoms with E-state index < -0.39 is 59.3 Å². The summed E-state index contributed by atoms with van der Waals surface area (Å²) in [4.78, 5) is 58.1. The summed E-state index contributed by atoms with van der Waals surface area (Å²) >= 11 is 0. The number of allylic oxidation sites excluding steroid dienone is 2. The van der Waals surface area contributed by atoms with Crippen molar-refractivity contribution in [3.05, 3.63) is 89.5 Å². The van der Waals surface area contributed by atoms with E-state index in [-0.39, 0.29) is 36.0 Å². The summed E-state index contributed by atoms with van der Waals surface area (Å²) in [5.74, 6) is -3.22. The van der Waals surface area contributed by atoms with Gasteiger partial charge >= 0.3 is 5.97 Å². The Balaban J connectivity index is 1.81. The monoisotopic (exact) mass is 747 g/mol. The van der Waals surface area contributed by atoms with Gasteiger partial charge in [0.1, 0.15) is 23.9 Å². The van der Waals surface area contributed by atoms with Gasteiger partial charge in [0.2, 0.25) is 11.8 Å². The molecule has 54 heavy (non-hydrogen) atoms. The predicted octanol–water partition coefficient (Wildman–Crippen LogP) is 4.55. The van der Waals surface area contributed by atoms with Crippen LogP contribution in [0.1, 0.15) is 78.5 Å². The summed E-state index contributed by atoms with van der Waals surface area (Å²) in [6, 6.07) is 11.6. The van der Waals surface area contributed by atoms with Crippen molar-refractivity contribution < 1.29 is 43.6 Å². The molecule has 3 amide bonds. The second kappa shape index (κ2) is 17.7. The summed E-state index contributed by atoms with van der Waals surface area (Å²) in [5, 5.41) is 26.7. The number of phenolic OH excluding ortho intramolecular Hbond substituents is 1. The number of nitrogens with zero attached hydrogens (tertiary/aromatic N) is 1. The Hall–Kier alpha value is -4.52. The van der Waals surface area contributed by atoms with E-state index in [1.54, 1.807) is 33.2 Å². The van der Waals surface area contributed by atoms with E-state index in [1.807, 2.05) is 76.3 Å². The SMILES string of the molecule is CC[C@H](C)[C@H]1C(=O)N[C@H](Cc2ccc(O)cc2)C(=O)N[C@@H](C(C)(C)O)C(=O)O[C@H](c2ccccc2)[C@H](C)C=CC=C(C)[C@H](OC)C[C@@H]2O[C@@]2(C)C(=O)N1C. The van der Waals surface area contributed by atoms with Crippen molar-refractivity contribution in [1.82, 2.24) is 15.5 Å². The molecule has 12 heteroatoms. The molecule has 0 bridgehead atoms. The zero-order chi connectivity index (χ0) is 40.0. The number of phenols is 1. The number of cyclic esters (lactones) is 1. The van der Waals surface area contributed by atoms with Crippen LogP contribution in [-0.2, 0) is 39.8 Å². The van der Waals surface area contributed by atoms with E-state index in [9.17, 15) is 29.4 Å². The van der Waals surface area contributed by atoms with Gasteiger partial charge in [-0.3, -0.25) is 14.4 Å². The summed E-state index contributed by atoms with van der Waals surface area (Å²) in [6.07, 6.45) is 4.96. The molecule has 1 saturated heterocycles. The normalized spacial score (nSPS) is 29.9. The molecular formula is C42H57N3O9. The molecule has 2 aliphatic heterocycles. The van der Waals surface area contributed by atoms with Crippen molar-refractivity contribution in [3.8, 4) is 5.75 Å². The number of esters is 1. The van der Waals surface area contributed by atoms with Crippen LogP contribution >= 0.6 is 0 Å². The van der Waals surface area contributed by atoms with Crippen LogP contribution in [0.2, 0.25) is 0 Å². The number of aromatic hydroxyl groups is 1. The molecule has 2 aromatic rings. The highest BCUT2D eigenvalue weighted by Gasteiger charge is 2.61. The number of amides is 3. The number of fused-ring (bicyclic) bond motifs is 1. The van der Waals surface area contributed by atoms with Crippen LogP contribution in [0.25, 0.3) is 0 Å². The fourth-order valence-electron chi connectivity index (χ4n) is 6.91. The summed E-state index contributed by atoms with van der Waals surface area (Å²) in [6.45, 7) is 12.1. The molecule has 4 rings (SSSR count). The number of hydrogen-bond donors (Lipinski definition) is 4. The Morgan fingerprint density at radius 1 is 1.04 bits per heavy atom. The van der Waals surface area contributed by atoms with Crippen LogP contribution < -0.4 is 10.6 Å². The van der Waals surface area contributed by atoms with Crippen LogP contribution in [0.5, 0.6) is 5.75 Å². The van der Waals surface area contributed by atoms with E-state index >= 15 is 0 Å². The number of carbonyl (C=O) groups excluding carboxylic acids is 4. The fourth-order valence-corrected chi connectivity index (χ4v) is 6.91. The second-order valence-corrected chi connectivity index (χ2v) is 15.4. The first-order valence-electron chi connectivity index (χ1n) is 18.6. The van der Waals surface area contributed by atoms with Crippen LogP contribution in [0.4, 0.5) is 0 Å². The Bertz CT molecular complexity index is 1690.